The first kappa shape index (κ1) is 14.2. The van der Waals surface area contributed by atoms with Crippen molar-refractivity contribution in [3.05, 3.63) is 29.3 Å². The number of hydrogen-bond acceptors (Lipinski definition) is 2. The Balaban J connectivity index is 2.07. The van der Waals surface area contributed by atoms with E-state index < -0.39 is 0 Å². The predicted molar refractivity (Wildman–Crippen MR) is 81.3 cm³/mol. The van der Waals surface area contributed by atoms with E-state index in [1.54, 1.807) is 0 Å². The van der Waals surface area contributed by atoms with Crippen LogP contribution in [0.2, 0.25) is 5.02 Å². The van der Waals surface area contributed by atoms with E-state index in [2.05, 4.69) is 26.8 Å². The average Bonchev–Trinajstić information content (AvgIpc) is 2.24. The lowest BCUT2D eigenvalue weighted by atomic mass is 9.62. The summed E-state index contributed by atoms with van der Waals surface area (Å²) >= 11 is 8.10. The molecule has 1 aliphatic rings. The summed E-state index contributed by atoms with van der Waals surface area (Å²) in [7, 11) is 0. The minimum absolute atomic E-state index is 0.197. The summed E-state index contributed by atoms with van der Waals surface area (Å²) in [4.78, 5) is 1.16. The van der Waals surface area contributed by atoms with E-state index in [0.29, 0.717) is 5.41 Å². The molecule has 0 amide bonds. The Hall–Kier alpha value is -0.180. The molecular weight excluding hydrogens is 262 g/mol. The van der Waals surface area contributed by atoms with Gasteiger partial charge >= 0.3 is 0 Å². The van der Waals surface area contributed by atoms with Gasteiger partial charge in [-0.25, -0.2) is 0 Å². The minimum Gasteiger partial charge on any atom is -0.329 e. The molecular formula is C15H22ClNS. The van der Waals surface area contributed by atoms with Crippen molar-refractivity contribution in [1.82, 2.24) is 0 Å². The van der Waals surface area contributed by atoms with Crippen molar-refractivity contribution in [1.29, 1.82) is 0 Å². The van der Waals surface area contributed by atoms with Crippen LogP contribution in [0.5, 0.6) is 0 Å². The summed E-state index contributed by atoms with van der Waals surface area (Å²) in [6, 6.07) is 8.06. The second-order valence-electron chi connectivity index (χ2n) is 6.39. The summed E-state index contributed by atoms with van der Waals surface area (Å²) < 4.78 is 0.197. The molecule has 1 aromatic rings. The van der Waals surface area contributed by atoms with Crippen molar-refractivity contribution in [3.63, 3.8) is 0 Å². The van der Waals surface area contributed by atoms with E-state index in [-0.39, 0.29) is 4.75 Å². The summed E-state index contributed by atoms with van der Waals surface area (Å²) in [5.41, 5.74) is 6.40. The molecule has 0 unspecified atom stereocenters. The molecule has 0 saturated heterocycles. The van der Waals surface area contributed by atoms with Gasteiger partial charge in [-0.3, -0.25) is 0 Å². The Morgan fingerprint density at radius 1 is 1.33 bits per heavy atom. The highest BCUT2D eigenvalue weighted by Gasteiger charge is 2.48. The second kappa shape index (κ2) is 5.07. The molecule has 3 heteroatoms. The first-order valence-electron chi connectivity index (χ1n) is 6.50. The number of thioether (sulfide) groups is 1. The van der Waals surface area contributed by atoms with Crippen LogP contribution in [0.3, 0.4) is 0 Å². The van der Waals surface area contributed by atoms with Crippen LogP contribution in [-0.2, 0) is 0 Å². The van der Waals surface area contributed by atoms with E-state index in [9.17, 15) is 0 Å². The SMILES string of the molecule is CC(C)(C)C1CC(CN)(Sc2ccccc2Cl)C1. The van der Waals surface area contributed by atoms with E-state index in [0.717, 1.165) is 22.4 Å². The zero-order valence-corrected chi connectivity index (χ0v) is 12.9. The van der Waals surface area contributed by atoms with Crippen molar-refractivity contribution < 1.29 is 0 Å². The highest BCUT2D eigenvalue weighted by atomic mass is 35.5. The maximum Gasteiger partial charge on any atom is 0.0542 e. The zero-order valence-electron chi connectivity index (χ0n) is 11.4. The molecule has 0 aromatic heterocycles. The summed E-state index contributed by atoms with van der Waals surface area (Å²) in [6.45, 7) is 7.68. The Morgan fingerprint density at radius 3 is 2.44 bits per heavy atom. The molecule has 0 bridgehead atoms. The first-order valence-corrected chi connectivity index (χ1v) is 7.69. The molecule has 1 aromatic carbocycles. The highest BCUT2D eigenvalue weighted by Crippen LogP contribution is 2.56. The van der Waals surface area contributed by atoms with Crippen LogP contribution in [0, 0.1) is 11.3 Å². The molecule has 0 radical (unpaired) electrons. The van der Waals surface area contributed by atoms with Gasteiger partial charge in [-0.05, 0) is 36.3 Å². The Labute approximate surface area is 119 Å². The third-order valence-corrected chi connectivity index (χ3v) is 5.95. The quantitative estimate of drug-likeness (QED) is 0.878. The van der Waals surface area contributed by atoms with Crippen LogP contribution in [0.4, 0.5) is 0 Å². The predicted octanol–water partition coefficient (Wildman–Crippen LogP) is 4.59. The van der Waals surface area contributed by atoms with Crippen molar-refractivity contribution in [2.45, 2.75) is 43.3 Å². The van der Waals surface area contributed by atoms with E-state index >= 15 is 0 Å². The highest BCUT2D eigenvalue weighted by molar-refractivity contribution is 8.00. The van der Waals surface area contributed by atoms with Crippen LogP contribution in [0.25, 0.3) is 0 Å². The van der Waals surface area contributed by atoms with Gasteiger partial charge in [0.2, 0.25) is 0 Å². The normalized spacial score (nSPS) is 27.9. The van der Waals surface area contributed by atoms with Crippen LogP contribution in [-0.4, -0.2) is 11.3 Å². The number of benzene rings is 1. The number of rotatable bonds is 3. The standard InChI is InChI=1S/C15H22ClNS/c1-14(2,3)11-8-15(9-11,10-17)18-13-7-5-4-6-12(13)16/h4-7,11H,8-10,17H2,1-3H3. The molecule has 0 atom stereocenters. The topological polar surface area (TPSA) is 26.0 Å². The van der Waals surface area contributed by atoms with Gasteiger partial charge in [0.05, 0.1) is 5.02 Å². The molecule has 0 aliphatic heterocycles. The molecule has 0 spiro atoms. The summed E-state index contributed by atoms with van der Waals surface area (Å²) in [6.07, 6.45) is 2.39. The molecule has 2 N–H and O–H groups in total. The van der Waals surface area contributed by atoms with E-state index in [1.807, 2.05) is 30.0 Å². The molecule has 100 valence electrons. The fourth-order valence-electron chi connectivity index (χ4n) is 2.50. The van der Waals surface area contributed by atoms with Gasteiger partial charge in [-0.15, -0.1) is 11.8 Å². The van der Waals surface area contributed by atoms with Gasteiger partial charge in [0, 0.05) is 16.2 Å². The number of nitrogens with two attached hydrogens (primary N) is 1. The van der Waals surface area contributed by atoms with Crippen molar-refractivity contribution in [2.24, 2.45) is 17.1 Å². The Morgan fingerprint density at radius 2 is 1.94 bits per heavy atom. The molecule has 1 fully saturated rings. The summed E-state index contributed by atoms with van der Waals surface area (Å²) in [5.74, 6) is 0.774. The number of halogens is 1. The maximum absolute atomic E-state index is 6.23. The maximum atomic E-state index is 6.23. The van der Waals surface area contributed by atoms with E-state index in [4.69, 9.17) is 17.3 Å². The number of hydrogen-bond donors (Lipinski definition) is 1. The lowest BCUT2D eigenvalue weighted by Gasteiger charge is -2.52. The van der Waals surface area contributed by atoms with Gasteiger partial charge in [-0.2, -0.15) is 0 Å². The molecule has 1 saturated carbocycles. The average molecular weight is 284 g/mol. The van der Waals surface area contributed by atoms with E-state index in [1.165, 1.54) is 12.8 Å². The molecule has 18 heavy (non-hydrogen) atoms. The smallest absolute Gasteiger partial charge is 0.0542 e. The van der Waals surface area contributed by atoms with Crippen molar-refractivity contribution in [2.75, 3.05) is 6.54 Å². The first-order chi connectivity index (χ1) is 8.36. The lowest BCUT2D eigenvalue weighted by molar-refractivity contribution is 0.102. The fourth-order valence-corrected chi connectivity index (χ4v) is 4.19. The molecule has 2 rings (SSSR count). The largest absolute Gasteiger partial charge is 0.329 e. The van der Waals surface area contributed by atoms with Gasteiger partial charge < -0.3 is 5.73 Å². The van der Waals surface area contributed by atoms with Crippen LogP contribution in [0.1, 0.15) is 33.6 Å². The molecule has 0 heterocycles. The lowest BCUT2D eigenvalue weighted by Crippen LogP contribution is -2.50. The fraction of sp³-hybridized carbons (Fsp3) is 0.600. The van der Waals surface area contributed by atoms with Gasteiger partial charge in [-0.1, -0.05) is 44.5 Å². The summed E-state index contributed by atoms with van der Waals surface area (Å²) in [5, 5.41) is 0.842. The molecule has 1 nitrogen and oxygen atoms in total. The van der Waals surface area contributed by atoms with Gasteiger partial charge in [0.25, 0.3) is 0 Å². The third kappa shape index (κ3) is 2.87. The van der Waals surface area contributed by atoms with Crippen LogP contribution in [0.15, 0.2) is 29.2 Å². The second-order valence-corrected chi connectivity index (χ2v) is 8.31. The Bertz CT molecular complexity index is 419. The van der Waals surface area contributed by atoms with Crippen LogP contribution >= 0.6 is 23.4 Å². The monoisotopic (exact) mass is 283 g/mol. The van der Waals surface area contributed by atoms with Gasteiger partial charge in [0.1, 0.15) is 0 Å². The molecule has 1 aliphatic carbocycles. The zero-order chi connectivity index (χ0) is 13.4. The van der Waals surface area contributed by atoms with Crippen molar-refractivity contribution >= 4 is 23.4 Å². The minimum atomic E-state index is 0.197. The Kier molecular flexibility index (Phi) is 4.01. The van der Waals surface area contributed by atoms with Gasteiger partial charge in [0.15, 0.2) is 0 Å². The van der Waals surface area contributed by atoms with Crippen LogP contribution < -0.4 is 5.73 Å². The van der Waals surface area contributed by atoms with Crippen molar-refractivity contribution in [3.8, 4) is 0 Å². The third-order valence-electron chi connectivity index (χ3n) is 4.00.